The molecule has 788 valence electrons. The largest absolute Gasteiger partial charge is 0.508 e. The molecule has 5 aromatic carbocycles. The van der Waals surface area contributed by atoms with Gasteiger partial charge in [0.15, 0.2) is 11.2 Å². The molecule has 8 aliphatic heterocycles. The number of ether oxygens (including phenoxy) is 8. The van der Waals surface area contributed by atoms with E-state index in [0.717, 1.165) is 145 Å². The monoisotopic (exact) mass is 2040 g/mol. The molecular weight excluding hydrogens is 1910 g/mol. The second-order valence-electron chi connectivity index (χ2n) is 45.7. The molecule has 31 heteroatoms. The highest BCUT2D eigenvalue weighted by Crippen LogP contribution is 2.55. The van der Waals surface area contributed by atoms with Crippen molar-refractivity contribution in [1.29, 1.82) is 0 Å². The topological polar surface area (TPSA) is 346 Å². The number of phenols is 1. The molecule has 10 aliphatic rings. The van der Waals surface area contributed by atoms with Crippen molar-refractivity contribution in [3.05, 3.63) is 293 Å². The van der Waals surface area contributed by atoms with Crippen LogP contribution < -0.4 is 37.6 Å². The quantitative estimate of drug-likeness (QED) is 0.0523. The Kier molecular flexibility index (Phi) is 26.6. The molecule has 0 radical (unpaired) electrons. The molecule has 0 saturated carbocycles. The summed E-state index contributed by atoms with van der Waals surface area (Å²) in [5, 5.41) is 53.2. The lowest BCUT2D eigenvalue weighted by molar-refractivity contribution is -0.150. The van der Waals surface area contributed by atoms with Gasteiger partial charge in [-0.2, -0.15) is 0 Å². The van der Waals surface area contributed by atoms with Crippen molar-refractivity contribution in [1.82, 2.24) is 53.7 Å². The number of benzene rings is 5. The number of rotatable bonds is 16. The van der Waals surface area contributed by atoms with E-state index in [1.807, 2.05) is 186 Å². The maximum atomic E-state index is 15.1. The first kappa shape index (κ1) is 105. The number of carbonyl (C=O) groups is 2. The van der Waals surface area contributed by atoms with E-state index in [1.165, 1.54) is 6.07 Å². The lowest BCUT2D eigenvalue weighted by Gasteiger charge is -2.43. The standard InChI is InChI=1S/C32H35FN2O5.C31H34FN3O5.2C28H33N3O4/c1-7-32(40-31(4,5)6)17(3)39-15-22-23(32)12-26-20-10-18-11-24(33)16(2)19-8-9-25(34-27(37)14-36)29(28(18)19)21(20)13-35(26)30(22)38;1-7-31(38)16(3)39-13-19-20(31)10-24-28-18(12-35(24)29(19)37)27-22(33-25(36)14-40-30(4,5)6)9-8-17-15(2)21(32)11-23(34-28)26(17)27;1-8-28(33)16(2)34-15-20-21(28)12-23-25-17(13-31(23)26(20)32)11-18-19(14-30(6)7)24(35-27(3,4)5)10-9-22(18)29-25;1-8-28(35-27(3,4)5)16(2)34-15-20-21(28)12-23-25-17(13-31(23)26(20)33)11-18-19(14-30(6)7)24(32)10-9-22(18)29-25/h10-12,25,36H,3,7-9,13-15H2,1-2,4-6H3,(H,34,37);10-11,22,38H,3,7-9,12-14H2,1-2,4-6H3,(H,33,36);9-12,33H,2,8,13-15H2,1,3-7H3;9-12,32H,2,8,13-15H2,1,3-7H3/t25-,32+;22-,31+;2*28-/m0011/s1. The third kappa shape index (κ3) is 17.8. The number of aromatic nitrogens is 7. The molecule has 0 bridgehead atoms. The number of carbonyl (C=O) groups excluding carboxylic acids is 2. The molecule has 2 aliphatic carbocycles. The fourth-order valence-electron chi connectivity index (χ4n) is 23.8. The number of nitrogens with one attached hydrogen (secondary N) is 2. The molecule has 150 heavy (non-hydrogen) atoms. The van der Waals surface area contributed by atoms with E-state index in [2.05, 4.69) is 54.0 Å². The van der Waals surface area contributed by atoms with Crippen molar-refractivity contribution < 1.29 is 76.7 Å². The lowest BCUT2D eigenvalue weighted by Crippen LogP contribution is -2.44. The highest BCUT2D eigenvalue weighted by Gasteiger charge is 2.51. The maximum absolute atomic E-state index is 15.1. The van der Waals surface area contributed by atoms with Crippen LogP contribution in [0, 0.1) is 25.5 Å². The van der Waals surface area contributed by atoms with Gasteiger partial charge in [-0.15, -0.1) is 0 Å². The van der Waals surface area contributed by atoms with Gasteiger partial charge in [0.25, 0.3) is 22.2 Å². The number of aryl methyl sites for hydroxylation is 2. The third-order valence-electron chi connectivity index (χ3n) is 30.9. The number of pyridine rings is 7. The molecule has 12 aromatic rings. The van der Waals surface area contributed by atoms with Gasteiger partial charge in [0, 0.05) is 90.9 Å². The van der Waals surface area contributed by atoms with Crippen molar-refractivity contribution in [3.8, 4) is 56.9 Å². The molecule has 22 rings (SSSR count). The predicted molar refractivity (Wildman–Crippen MR) is 571 cm³/mol. The van der Waals surface area contributed by atoms with Gasteiger partial charge in [0.1, 0.15) is 103 Å². The van der Waals surface area contributed by atoms with Crippen LogP contribution in [0.3, 0.4) is 0 Å². The Morgan fingerprint density at radius 1 is 0.473 bits per heavy atom. The number of amides is 2. The van der Waals surface area contributed by atoms with E-state index in [4.69, 9.17) is 52.8 Å². The predicted octanol–water partition coefficient (Wildman–Crippen LogP) is 18.4. The highest BCUT2D eigenvalue weighted by atomic mass is 19.1. The zero-order chi connectivity index (χ0) is 108. The van der Waals surface area contributed by atoms with Crippen LogP contribution >= 0.6 is 0 Å². The molecule has 7 aromatic heterocycles. The second kappa shape index (κ2) is 37.9. The van der Waals surface area contributed by atoms with Gasteiger partial charge < -0.3 is 97.0 Å². The van der Waals surface area contributed by atoms with Crippen LogP contribution in [0.4, 0.5) is 8.78 Å². The van der Waals surface area contributed by atoms with E-state index in [-0.39, 0.29) is 121 Å². The van der Waals surface area contributed by atoms with Crippen LogP contribution in [0.5, 0.6) is 11.5 Å². The molecule has 0 spiro atoms. The van der Waals surface area contributed by atoms with E-state index in [0.29, 0.717) is 151 Å². The van der Waals surface area contributed by atoms with Gasteiger partial charge in [-0.3, -0.25) is 28.8 Å². The molecule has 2 amide bonds. The van der Waals surface area contributed by atoms with Gasteiger partial charge in [0.05, 0.1) is 134 Å². The van der Waals surface area contributed by atoms with Gasteiger partial charge in [-0.1, -0.05) is 54.0 Å². The van der Waals surface area contributed by atoms with E-state index in [9.17, 15) is 49.2 Å². The maximum Gasteiger partial charge on any atom is 0.258 e. The van der Waals surface area contributed by atoms with Crippen LogP contribution in [0.2, 0.25) is 0 Å². The van der Waals surface area contributed by atoms with Crippen molar-refractivity contribution in [2.24, 2.45) is 0 Å². The number of halogens is 2. The van der Waals surface area contributed by atoms with Crippen molar-refractivity contribution in [2.45, 2.75) is 299 Å². The van der Waals surface area contributed by atoms with Crippen molar-refractivity contribution >= 4 is 55.3 Å². The molecule has 6 N–H and O–H groups in total. The van der Waals surface area contributed by atoms with E-state index < -0.39 is 51.7 Å². The zero-order valence-electron chi connectivity index (χ0n) is 89.9. The first-order chi connectivity index (χ1) is 70.6. The smallest absolute Gasteiger partial charge is 0.258 e. The number of aliphatic hydroxyl groups excluding tert-OH is 1. The first-order valence-electron chi connectivity index (χ1n) is 51.7. The van der Waals surface area contributed by atoms with Gasteiger partial charge in [-0.05, 0) is 299 Å². The fraction of sp³-hybridized carbons (Fsp3) is 0.437. The highest BCUT2D eigenvalue weighted by molar-refractivity contribution is 5.99. The zero-order valence-corrected chi connectivity index (χ0v) is 89.9. The lowest BCUT2D eigenvalue weighted by atomic mass is 9.79. The summed E-state index contributed by atoms with van der Waals surface area (Å²) in [7, 11) is 8.00. The fourth-order valence-corrected chi connectivity index (χ4v) is 23.8. The van der Waals surface area contributed by atoms with E-state index in [1.54, 1.807) is 50.3 Å². The van der Waals surface area contributed by atoms with Gasteiger partial charge in [-0.25, -0.2) is 23.7 Å². The Morgan fingerprint density at radius 2 is 0.887 bits per heavy atom. The van der Waals surface area contributed by atoms with Gasteiger partial charge in [0.2, 0.25) is 11.8 Å². The molecule has 0 fully saturated rings. The Morgan fingerprint density at radius 3 is 1.36 bits per heavy atom. The van der Waals surface area contributed by atoms with Crippen LogP contribution in [0.25, 0.3) is 88.9 Å². The molecule has 0 saturated heterocycles. The average molecular weight is 2050 g/mol. The normalized spacial score (nSPS) is 20.1. The van der Waals surface area contributed by atoms with Crippen LogP contribution in [-0.2, 0) is 144 Å². The Balaban J connectivity index is 0.000000126. The summed E-state index contributed by atoms with van der Waals surface area (Å²) in [6.45, 7) is 53.5. The molecule has 0 unspecified atom stereocenters. The summed E-state index contributed by atoms with van der Waals surface area (Å²) in [6, 6.07) is 23.7. The van der Waals surface area contributed by atoms with Crippen LogP contribution in [-0.4, -0.2) is 139 Å². The molecule has 6 atom stereocenters. The Labute approximate surface area is 870 Å². The number of hydrogen-bond donors (Lipinski definition) is 6. The summed E-state index contributed by atoms with van der Waals surface area (Å²) in [4.78, 5) is 99.4. The minimum Gasteiger partial charge on any atom is -0.508 e. The summed E-state index contributed by atoms with van der Waals surface area (Å²) >= 11 is 0. The molecule has 29 nitrogen and oxygen atoms in total. The Hall–Kier alpha value is -13.4. The summed E-state index contributed by atoms with van der Waals surface area (Å²) in [5.41, 5.74) is 15.5. The summed E-state index contributed by atoms with van der Waals surface area (Å²) in [5.74, 6) is 1.25. The minimum atomic E-state index is -1.50. The first-order valence-corrected chi connectivity index (χ1v) is 51.7. The molecule has 15 heterocycles. The van der Waals surface area contributed by atoms with Crippen LogP contribution in [0.1, 0.15) is 273 Å². The van der Waals surface area contributed by atoms with Crippen molar-refractivity contribution in [2.75, 3.05) is 41.4 Å². The number of aromatic hydroxyl groups is 1. The minimum absolute atomic E-state index is 0.0230. The van der Waals surface area contributed by atoms with Gasteiger partial charge >= 0.3 is 0 Å². The number of fused-ring (bicyclic) bond motifs is 20. The summed E-state index contributed by atoms with van der Waals surface area (Å²) in [6.07, 6.45) is 4.10. The number of phenolic OH excluding ortho intramolecular Hbond substituents is 1. The second-order valence-corrected chi connectivity index (χ2v) is 45.7. The number of aliphatic hydroxyl groups is 3. The number of nitrogens with zero attached hydrogens (tertiary/aromatic N) is 9. The molecular formula is C119H135F2N11O18. The third-order valence-corrected chi connectivity index (χ3v) is 30.9. The van der Waals surface area contributed by atoms with E-state index >= 15 is 8.78 Å². The summed E-state index contributed by atoms with van der Waals surface area (Å²) < 4.78 is 85.3. The average Bonchev–Trinajstić information content (AvgIpc) is 1.54. The van der Waals surface area contributed by atoms with Crippen molar-refractivity contribution in [3.63, 3.8) is 0 Å². The van der Waals surface area contributed by atoms with Crippen LogP contribution in [0.15, 0.2) is 147 Å². The Bertz CT molecular complexity index is 8100. The number of hydrogen-bond acceptors (Lipinski definition) is 23. The SMILES string of the molecule is C=C1OCc2c(cc3n(c2=O)Cc2c-3cc3cc(F)c(C)c4c3c2[C@@H](NC(=O)CO)CC4)[C@]1(CC)OC(C)(C)C.C=C1OCc2c(cc3n(c2=O)Cc2c-3nc3cc(F)c(C)c4c3c2[C@@H](NC(=O)COC(C)(C)C)CC4)[C@@]1(O)CC.C=C1OCc2c(cc3n(c2=O)Cc2cc4c(CN(C)C)c(O)ccc4nc2-3)[C@]1(CC)OC(C)(C)C.C=C1OCc2c(cc3n(c2=O)Cc2cc4c(CN(C)C)c(OC(C)(C)C)ccc4nc2-3)[C@@]1(O)CC.